The van der Waals surface area contributed by atoms with Crippen LogP contribution in [0, 0.1) is 0 Å². The number of fused-ring (bicyclic) bond motifs is 1. The zero-order chi connectivity index (χ0) is 16.1. The van der Waals surface area contributed by atoms with Gasteiger partial charge in [-0.1, -0.05) is 0 Å². The summed E-state index contributed by atoms with van der Waals surface area (Å²) >= 11 is 1.91. The highest BCUT2D eigenvalue weighted by molar-refractivity contribution is 7.99. The average Bonchev–Trinajstić information content (AvgIpc) is 2.74. The highest BCUT2D eigenvalue weighted by Gasteiger charge is 2.15. The van der Waals surface area contributed by atoms with Gasteiger partial charge in [-0.15, -0.1) is 11.8 Å². The van der Waals surface area contributed by atoms with E-state index in [1.165, 1.54) is 10.5 Å². The first-order valence-corrected chi connectivity index (χ1v) is 8.56. The molecular weight excluding hydrogens is 310 g/mol. The fourth-order valence-corrected chi connectivity index (χ4v) is 3.57. The summed E-state index contributed by atoms with van der Waals surface area (Å²) in [6, 6.07) is 8.25. The second kappa shape index (κ2) is 7.63. The molecule has 0 spiro atoms. The monoisotopic (exact) mass is 331 g/mol. The zero-order valence-electron chi connectivity index (χ0n) is 13.2. The highest BCUT2D eigenvalue weighted by Crippen LogP contribution is 2.30. The number of nitrogens with one attached hydrogen (secondary N) is 1. The average molecular weight is 331 g/mol. The molecule has 0 aliphatic carbocycles. The van der Waals surface area contributed by atoms with Gasteiger partial charge >= 0.3 is 0 Å². The van der Waals surface area contributed by atoms with Crippen molar-refractivity contribution in [1.29, 1.82) is 0 Å². The molecule has 0 amide bonds. The topological polar surface area (TPSA) is 76.3 Å². The number of nitrogens with zero attached hydrogens (tertiary/aromatic N) is 3. The van der Waals surface area contributed by atoms with Crippen molar-refractivity contribution < 1.29 is 4.74 Å². The van der Waals surface area contributed by atoms with Crippen molar-refractivity contribution in [2.75, 3.05) is 43.6 Å². The van der Waals surface area contributed by atoms with Crippen LogP contribution in [-0.2, 0) is 11.3 Å². The van der Waals surface area contributed by atoms with Crippen LogP contribution >= 0.6 is 11.8 Å². The van der Waals surface area contributed by atoms with E-state index in [0.717, 1.165) is 37.7 Å². The minimum atomic E-state index is 0.269. The normalized spacial score (nSPS) is 15.0. The lowest BCUT2D eigenvalue weighted by atomic mass is 10.2. The van der Waals surface area contributed by atoms with Crippen molar-refractivity contribution in [2.45, 2.75) is 11.4 Å². The second-order valence-corrected chi connectivity index (χ2v) is 6.50. The van der Waals surface area contributed by atoms with Gasteiger partial charge in [0.2, 0.25) is 5.95 Å². The summed E-state index contributed by atoms with van der Waals surface area (Å²) in [6.07, 6.45) is 1.65. The van der Waals surface area contributed by atoms with Crippen molar-refractivity contribution in [1.82, 2.24) is 14.9 Å². The molecule has 2 heterocycles. The quantitative estimate of drug-likeness (QED) is 0.871. The maximum absolute atomic E-state index is 5.62. The number of thioether (sulfide) groups is 1. The molecule has 1 aromatic heterocycles. The minimum Gasteiger partial charge on any atom is -0.383 e. The van der Waals surface area contributed by atoms with E-state index >= 15 is 0 Å². The van der Waals surface area contributed by atoms with Crippen LogP contribution in [0.25, 0.3) is 0 Å². The van der Waals surface area contributed by atoms with Crippen molar-refractivity contribution in [2.24, 2.45) is 0 Å². The Bertz CT molecular complexity index is 665. The van der Waals surface area contributed by atoms with Gasteiger partial charge < -0.3 is 15.8 Å². The Morgan fingerprint density at radius 3 is 3.13 bits per heavy atom. The van der Waals surface area contributed by atoms with Crippen LogP contribution in [0.1, 0.15) is 5.56 Å². The zero-order valence-corrected chi connectivity index (χ0v) is 14.0. The van der Waals surface area contributed by atoms with Crippen molar-refractivity contribution in [3.05, 3.63) is 36.0 Å². The van der Waals surface area contributed by atoms with E-state index in [4.69, 9.17) is 10.5 Å². The number of ether oxygens (including phenoxy) is 1. The minimum absolute atomic E-state index is 0.269. The first-order chi connectivity index (χ1) is 11.2. The van der Waals surface area contributed by atoms with E-state index < -0.39 is 0 Å². The van der Waals surface area contributed by atoms with E-state index in [1.807, 2.05) is 17.8 Å². The molecule has 3 N–H and O–H groups in total. The molecule has 2 aromatic rings. The lowest BCUT2D eigenvalue weighted by Gasteiger charge is -2.19. The molecule has 0 bridgehead atoms. The summed E-state index contributed by atoms with van der Waals surface area (Å²) in [4.78, 5) is 11.9. The summed E-state index contributed by atoms with van der Waals surface area (Å²) in [6.45, 7) is 3.73. The number of methoxy groups -OCH3 is 1. The SMILES string of the molecule is COCCN1CCSc2ccc(Nc3ccnc(N)n3)cc2C1. The van der Waals surface area contributed by atoms with Gasteiger partial charge in [-0.2, -0.15) is 4.98 Å². The van der Waals surface area contributed by atoms with Crippen LogP contribution in [0.2, 0.25) is 0 Å². The Hall–Kier alpha value is -1.83. The predicted molar refractivity (Wildman–Crippen MR) is 94.0 cm³/mol. The fraction of sp³-hybridized carbons (Fsp3) is 0.375. The third kappa shape index (κ3) is 4.34. The van der Waals surface area contributed by atoms with E-state index in [-0.39, 0.29) is 5.95 Å². The number of hydrogen-bond donors (Lipinski definition) is 2. The molecule has 0 unspecified atom stereocenters. The molecule has 0 radical (unpaired) electrons. The number of benzene rings is 1. The van der Waals surface area contributed by atoms with Gasteiger partial charge in [0.1, 0.15) is 5.82 Å². The lowest BCUT2D eigenvalue weighted by Crippen LogP contribution is -2.28. The van der Waals surface area contributed by atoms with Gasteiger partial charge in [-0.3, -0.25) is 4.90 Å². The maximum Gasteiger partial charge on any atom is 0.221 e. The lowest BCUT2D eigenvalue weighted by molar-refractivity contribution is 0.148. The molecule has 1 aromatic carbocycles. The summed E-state index contributed by atoms with van der Waals surface area (Å²) in [5, 5.41) is 3.29. The Balaban J connectivity index is 1.76. The third-order valence-corrected chi connectivity index (χ3v) is 4.77. The summed E-state index contributed by atoms with van der Waals surface area (Å²) in [5.74, 6) is 2.08. The third-order valence-electron chi connectivity index (χ3n) is 3.68. The van der Waals surface area contributed by atoms with E-state index in [0.29, 0.717) is 5.82 Å². The molecule has 1 aliphatic heterocycles. The van der Waals surface area contributed by atoms with Gasteiger partial charge in [0, 0.05) is 49.3 Å². The smallest absolute Gasteiger partial charge is 0.221 e. The van der Waals surface area contributed by atoms with E-state index in [2.05, 4.69) is 38.4 Å². The molecule has 3 rings (SSSR count). The van der Waals surface area contributed by atoms with Crippen LogP contribution in [0.3, 0.4) is 0 Å². The first kappa shape index (κ1) is 16.0. The van der Waals surface area contributed by atoms with Crippen LogP contribution < -0.4 is 11.1 Å². The van der Waals surface area contributed by atoms with Gasteiger partial charge in [0.25, 0.3) is 0 Å². The fourth-order valence-electron chi connectivity index (χ4n) is 2.53. The van der Waals surface area contributed by atoms with Crippen LogP contribution in [-0.4, -0.2) is 47.4 Å². The maximum atomic E-state index is 5.62. The van der Waals surface area contributed by atoms with Crippen LogP contribution in [0.15, 0.2) is 35.4 Å². The Morgan fingerprint density at radius 1 is 1.39 bits per heavy atom. The van der Waals surface area contributed by atoms with Crippen molar-refractivity contribution in [3.8, 4) is 0 Å². The van der Waals surface area contributed by atoms with Gasteiger partial charge in [-0.05, 0) is 29.8 Å². The molecule has 122 valence electrons. The van der Waals surface area contributed by atoms with Crippen molar-refractivity contribution >= 4 is 29.2 Å². The first-order valence-electron chi connectivity index (χ1n) is 7.57. The summed E-state index contributed by atoms with van der Waals surface area (Å²) < 4.78 is 5.20. The number of aromatic nitrogens is 2. The summed E-state index contributed by atoms with van der Waals surface area (Å²) in [5.41, 5.74) is 7.96. The van der Waals surface area contributed by atoms with Gasteiger partial charge in [0.05, 0.1) is 6.61 Å². The second-order valence-electron chi connectivity index (χ2n) is 5.36. The van der Waals surface area contributed by atoms with Gasteiger partial charge in [0.15, 0.2) is 0 Å². The molecule has 1 aliphatic rings. The summed E-state index contributed by atoms with van der Waals surface area (Å²) in [7, 11) is 1.75. The van der Waals surface area contributed by atoms with Crippen LogP contribution in [0.4, 0.5) is 17.5 Å². The van der Waals surface area contributed by atoms with Gasteiger partial charge in [-0.25, -0.2) is 4.98 Å². The number of rotatable bonds is 5. The Labute approximate surface area is 140 Å². The molecule has 0 atom stereocenters. The largest absolute Gasteiger partial charge is 0.383 e. The Kier molecular flexibility index (Phi) is 5.32. The van der Waals surface area contributed by atoms with E-state index in [9.17, 15) is 0 Å². The molecule has 6 nitrogen and oxygen atoms in total. The Morgan fingerprint density at radius 2 is 2.30 bits per heavy atom. The molecular formula is C16H21N5OS. The van der Waals surface area contributed by atoms with E-state index in [1.54, 1.807) is 13.3 Å². The highest BCUT2D eigenvalue weighted by atomic mass is 32.2. The number of anilines is 3. The number of hydrogen-bond acceptors (Lipinski definition) is 7. The molecule has 0 saturated carbocycles. The molecule has 23 heavy (non-hydrogen) atoms. The predicted octanol–water partition coefficient (Wildman–Crippen LogP) is 2.36. The standard InChI is InChI=1S/C16H21N5OS/c1-22-8-6-21-7-9-23-14-3-2-13(10-12(14)11-21)19-15-4-5-18-16(17)20-15/h2-5,10H,6-9,11H2,1H3,(H3,17,18,19,20). The molecule has 0 saturated heterocycles. The number of nitrogen functional groups attached to an aromatic ring is 1. The van der Waals surface area contributed by atoms with Crippen molar-refractivity contribution in [3.63, 3.8) is 0 Å². The molecule has 0 fully saturated rings. The number of nitrogens with two attached hydrogens (primary N) is 1. The molecule has 7 heteroatoms. The van der Waals surface area contributed by atoms with Crippen LogP contribution in [0.5, 0.6) is 0 Å².